The highest BCUT2D eigenvalue weighted by Crippen LogP contribution is 2.34. The number of hydrogen-bond acceptors (Lipinski definition) is 5. The number of rotatable bonds is 3. The van der Waals surface area contributed by atoms with Gasteiger partial charge < -0.3 is 15.3 Å². The van der Waals surface area contributed by atoms with Crippen LogP contribution in [0, 0.1) is 0 Å². The fourth-order valence-corrected chi connectivity index (χ4v) is 2.80. The smallest absolute Gasteiger partial charge is 0.332 e. The van der Waals surface area contributed by atoms with Crippen LogP contribution in [0.15, 0.2) is 23.2 Å². The van der Waals surface area contributed by atoms with Crippen molar-refractivity contribution in [3.8, 4) is 5.75 Å². The van der Waals surface area contributed by atoms with Gasteiger partial charge in [0.2, 0.25) is 0 Å². The van der Waals surface area contributed by atoms with E-state index in [0.29, 0.717) is 21.9 Å². The van der Waals surface area contributed by atoms with Crippen LogP contribution in [-0.4, -0.2) is 37.6 Å². The summed E-state index contributed by atoms with van der Waals surface area (Å²) in [5.74, 6) is -0.627. The number of aliphatic imine (C=N–C) groups is 1. The van der Waals surface area contributed by atoms with Crippen molar-refractivity contribution in [1.29, 1.82) is 0 Å². The van der Waals surface area contributed by atoms with Crippen molar-refractivity contribution in [3.63, 3.8) is 0 Å². The molecule has 0 aliphatic carbocycles. The van der Waals surface area contributed by atoms with Crippen molar-refractivity contribution in [3.05, 3.63) is 29.3 Å². The van der Waals surface area contributed by atoms with Crippen LogP contribution in [0.25, 0.3) is 0 Å². The Balaban J connectivity index is 0.000000956. The average molecular weight is 297 g/mol. The summed E-state index contributed by atoms with van der Waals surface area (Å²) in [6, 6.07) is 4.77. The zero-order chi connectivity index (χ0) is 15.3. The Morgan fingerprint density at radius 2 is 2.10 bits per heavy atom. The van der Waals surface area contributed by atoms with Crippen LogP contribution in [0.5, 0.6) is 5.75 Å². The molecule has 110 valence electrons. The molecule has 0 spiro atoms. The van der Waals surface area contributed by atoms with Gasteiger partial charge in [-0.15, -0.1) is 11.8 Å². The molecule has 0 unspecified atom stereocenters. The maximum absolute atomic E-state index is 11.1. The van der Waals surface area contributed by atoms with E-state index in [4.69, 9.17) is 10.2 Å². The summed E-state index contributed by atoms with van der Waals surface area (Å²) >= 11 is 1.31. The van der Waals surface area contributed by atoms with Crippen molar-refractivity contribution in [2.45, 2.75) is 32.9 Å². The average Bonchev–Trinajstić information content (AvgIpc) is 2.84. The Hall–Kier alpha value is -1.53. The minimum Gasteiger partial charge on any atom is -0.507 e. The molecule has 0 bridgehead atoms. The van der Waals surface area contributed by atoms with E-state index in [0.717, 1.165) is 0 Å². The van der Waals surface area contributed by atoms with Crippen LogP contribution in [0.2, 0.25) is 0 Å². The number of aliphatic hydroxyl groups is 1. The van der Waals surface area contributed by atoms with Crippen molar-refractivity contribution in [2.75, 3.05) is 5.75 Å². The predicted octanol–water partition coefficient (Wildman–Crippen LogP) is 2.25. The van der Waals surface area contributed by atoms with Gasteiger partial charge in [-0.3, -0.25) is 4.99 Å². The molecule has 1 aromatic carbocycles. The minimum absolute atomic E-state index is 0.00226. The molecule has 5 nitrogen and oxygen atoms in total. The number of carboxylic acid groups (broad SMARTS) is 1. The topological polar surface area (TPSA) is 90.1 Å². The largest absolute Gasteiger partial charge is 0.507 e. The van der Waals surface area contributed by atoms with Crippen molar-refractivity contribution in [2.24, 2.45) is 4.99 Å². The molecule has 20 heavy (non-hydrogen) atoms. The Bertz CT molecular complexity index is 530. The Labute approximate surface area is 122 Å². The van der Waals surface area contributed by atoms with Gasteiger partial charge in [0.15, 0.2) is 5.54 Å². The molecule has 0 amide bonds. The predicted molar refractivity (Wildman–Crippen MR) is 80.4 cm³/mol. The van der Waals surface area contributed by atoms with Gasteiger partial charge in [-0.25, -0.2) is 4.79 Å². The van der Waals surface area contributed by atoms with Gasteiger partial charge in [-0.2, -0.15) is 0 Å². The van der Waals surface area contributed by atoms with Gasteiger partial charge in [0, 0.05) is 11.3 Å². The summed E-state index contributed by atoms with van der Waals surface area (Å²) in [4.78, 5) is 15.2. The van der Waals surface area contributed by atoms with Crippen molar-refractivity contribution < 1.29 is 20.1 Å². The molecule has 3 N–H and O–H groups in total. The number of carboxylic acids is 1. The van der Waals surface area contributed by atoms with Gasteiger partial charge >= 0.3 is 5.97 Å². The van der Waals surface area contributed by atoms with E-state index >= 15 is 0 Å². The first-order valence-corrected chi connectivity index (χ1v) is 7.34. The van der Waals surface area contributed by atoms with Crippen LogP contribution in [0.3, 0.4) is 0 Å². The molecule has 1 aromatic rings. The first kappa shape index (κ1) is 16.5. The summed E-state index contributed by atoms with van der Waals surface area (Å²) in [5.41, 5.74) is -0.0368. The molecular weight excluding hydrogens is 278 g/mol. The second kappa shape index (κ2) is 6.76. The van der Waals surface area contributed by atoms with E-state index in [1.54, 1.807) is 19.1 Å². The van der Waals surface area contributed by atoms with Crippen LogP contribution in [0.1, 0.15) is 31.9 Å². The van der Waals surface area contributed by atoms with E-state index in [1.165, 1.54) is 17.8 Å². The molecule has 1 aliphatic heterocycles. The number of aliphatic hydroxyl groups excluding tert-OH is 1. The summed E-state index contributed by atoms with van der Waals surface area (Å²) in [6.45, 7) is 5.40. The maximum atomic E-state index is 11.1. The number of nitrogens with zero attached hydrogens (tertiary/aromatic N) is 1. The molecule has 1 atom stereocenters. The SMILES string of the molecule is CC.C[C@]1(C(=O)O)CSC(c2ccc(CO)cc2O)=N1. The summed E-state index contributed by atoms with van der Waals surface area (Å²) in [7, 11) is 0. The lowest BCUT2D eigenvalue weighted by Crippen LogP contribution is -2.33. The van der Waals surface area contributed by atoms with Crippen molar-refractivity contribution >= 4 is 22.8 Å². The third-order valence-electron chi connectivity index (χ3n) is 2.77. The first-order chi connectivity index (χ1) is 9.46. The van der Waals surface area contributed by atoms with Crippen LogP contribution in [0.4, 0.5) is 0 Å². The molecule has 0 radical (unpaired) electrons. The van der Waals surface area contributed by atoms with E-state index in [9.17, 15) is 9.90 Å². The number of thioether (sulfide) groups is 1. The Kier molecular flexibility index (Phi) is 5.59. The number of hydrogen-bond donors (Lipinski definition) is 3. The molecular formula is C14H19NO4S. The summed E-state index contributed by atoms with van der Waals surface area (Å²) in [6.07, 6.45) is 0. The summed E-state index contributed by atoms with van der Waals surface area (Å²) < 4.78 is 0. The van der Waals surface area contributed by atoms with E-state index in [2.05, 4.69) is 4.99 Å². The highest BCUT2D eigenvalue weighted by Gasteiger charge is 2.38. The van der Waals surface area contributed by atoms with Gasteiger partial charge in [0.05, 0.1) is 6.61 Å². The van der Waals surface area contributed by atoms with Gasteiger partial charge in [0.1, 0.15) is 10.8 Å². The second-order valence-electron chi connectivity index (χ2n) is 4.29. The molecule has 2 rings (SSSR count). The summed E-state index contributed by atoms with van der Waals surface area (Å²) in [5, 5.41) is 28.4. The Morgan fingerprint density at radius 3 is 2.55 bits per heavy atom. The standard InChI is InChI=1S/C12H13NO4S.C2H6/c1-12(11(16)17)6-18-10(13-12)8-3-2-7(5-14)4-9(8)15;1-2/h2-4,14-15H,5-6H2,1H3,(H,16,17);1-2H3/t12-;/m1./s1. The molecule has 0 aromatic heterocycles. The van der Waals surface area contributed by atoms with Crippen LogP contribution in [-0.2, 0) is 11.4 Å². The Morgan fingerprint density at radius 1 is 1.45 bits per heavy atom. The minimum atomic E-state index is -1.14. The fourth-order valence-electron chi connectivity index (χ4n) is 1.60. The lowest BCUT2D eigenvalue weighted by molar-refractivity contribution is -0.141. The third kappa shape index (κ3) is 3.32. The number of aromatic hydroxyl groups is 1. The number of aliphatic carboxylic acids is 1. The number of phenolic OH excluding ortho intramolecular Hbond substituents is 1. The van der Waals surface area contributed by atoms with E-state index < -0.39 is 11.5 Å². The highest BCUT2D eigenvalue weighted by molar-refractivity contribution is 8.14. The highest BCUT2D eigenvalue weighted by atomic mass is 32.2. The van der Waals surface area contributed by atoms with Gasteiger partial charge in [0.25, 0.3) is 0 Å². The monoisotopic (exact) mass is 297 g/mol. The van der Waals surface area contributed by atoms with Crippen LogP contribution < -0.4 is 0 Å². The van der Waals surface area contributed by atoms with Crippen LogP contribution >= 0.6 is 11.8 Å². The first-order valence-electron chi connectivity index (χ1n) is 6.35. The molecule has 0 saturated heterocycles. The molecule has 1 aliphatic rings. The lowest BCUT2D eigenvalue weighted by atomic mass is 10.1. The number of carbonyl (C=O) groups is 1. The lowest BCUT2D eigenvalue weighted by Gasteiger charge is -2.11. The normalized spacial score (nSPS) is 20.9. The molecule has 6 heteroatoms. The van der Waals surface area contributed by atoms with Gasteiger partial charge in [-0.05, 0) is 24.6 Å². The fraction of sp³-hybridized carbons (Fsp3) is 0.429. The molecule has 1 heterocycles. The third-order valence-corrected chi connectivity index (χ3v) is 4.07. The van der Waals surface area contributed by atoms with E-state index in [1.807, 2.05) is 13.8 Å². The van der Waals surface area contributed by atoms with E-state index in [-0.39, 0.29) is 12.4 Å². The quantitative estimate of drug-likeness (QED) is 0.796. The maximum Gasteiger partial charge on any atom is 0.332 e. The number of phenols is 1. The molecule has 0 saturated carbocycles. The second-order valence-corrected chi connectivity index (χ2v) is 5.26. The van der Waals surface area contributed by atoms with Crippen molar-refractivity contribution in [1.82, 2.24) is 0 Å². The zero-order valence-corrected chi connectivity index (χ0v) is 12.6. The molecule has 0 fully saturated rings. The zero-order valence-electron chi connectivity index (χ0n) is 11.8. The number of benzene rings is 1. The van der Waals surface area contributed by atoms with Gasteiger partial charge in [-0.1, -0.05) is 19.9 Å².